The number of hydrogen-bond acceptors (Lipinski definition) is 5. The molecule has 0 aliphatic heterocycles. The fraction of sp³-hybridized carbons (Fsp3) is 0.273. The Balaban J connectivity index is 2.22. The molecule has 0 spiro atoms. The van der Waals surface area contributed by atoms with E-state index in [-0.39, 0.29) is 10.6 Å². The summed E-state index contributed by atoms with van der Waals surface area (Å²) in [5, 5.41) is 0. The van der Waals surface area contributed by atoms with Crippen LogP contribution in [0.4, 0.5) is 14.5 Å². The Hall–Kier alpha value is -1.21. The molecule has 0 bridgehead atoms. The predicted molar refractivity (Wildman–Crippen MR) is 68.8 cm³/mol. The first-order valence-corrected chi connectivity index (χ1v) is 6.94. The maximum absolute atomic E-state index is 13.6. The van der Waals surface area contributed by atoms with Gasteiger partial charge in [-0.3, -0.25) is 0 Å². The summed E-state index contributed by atoms with van der Waals surface area (Å²) in [6, 6.07) is 2.19. The number of anilines is 1. The van der Waals surface area contributed by atoms with Gasteiger partial charge in [0.05, 0.1) is 4.90 Å². The molecule has 1 aromatic carbocycles. The number of aryl methyl sites for hydroxylation is 1. The van der Waals surface area contributed by atoms with E-state index in [4.69, 9.17) is 5.73 Å². The third-order valence-electron chi connectivity index (χ3n) is 2.13. The molecule has 2 rings (SSSR count). The fourth-order valence-electron chi connectivity index (χ4n) is 1.37. The summed E-state index contributed by atoms with van der Waals surface area (Å²) >= 11 is 2.08. The Morgan fingerprint density at radius 2 is 2.00 bits per heavy atom. The molecule has 0 atom stereocenters. The van der Waals surface area contributed by atoms with Crippen molar-refractivity contribution in [3.8, 4) is 0 Å². The van der Waals surface area contributed by atoms with Gasteiger partial charge < -0.3 is 5.73 Å². The van der Waals surface area contributed by atoms with Crippen molar-refractivity contribution in [2.24, 2.45) is 0 Å². The second kappa shape index (κ2) is 5.62. The topological polar surface area (TPSA) is 51.8 Å². The van der Waals surface area contributed by atoms with E-state index in [0.717, 1.165) is 48.3 Å². The van der Waals surface area contributed by atoms with E-state index in [0.29, 0.717) is 10.2 Å². The summed E-state index contributed by atoms with van der Waals surface area (Å²) in [7, 11) is 0. The summed E-state index contributed by atoms with van der Waals surface area (Å²) in [5.41, 5.74) is 5.42. The Morgan fingerprint density at radius 3 is 2.61 bits per heavy atom. The molecule has 3 nitrogen and oxygen atoms in total. The lowest BCUT2D eigenvalue weighted by Gasteiger charge is -2.03. The largest absolute Gasteiger partial charge is 0.399 e. The van der Waals surface area contributed by atoms with Gasteiger partial charge in [-0.05, 0) is 30.1 Å². The van der Waals surface area contributed by atoms with Crippen LogP contribution in [-0.4, -0.2) is 9.36 Å². The third kappa shape index (κ3) is 2.97. The van der Waals surface area contributed by atoms with Crippen molar-refractivity contribution in [3.63, 3.8) is 0 Å². The number of nitrogens with zero attached hydrogens (tertiary/aromatic N) is 2. The Morgan fingerprint density at radius 1 is 1.33 bits per heavy atom. The first kappa shape index (κ1) is 13.2. The SMILES string of the molecule is CCCc1nsc(Sc2c(F)cc(N)cc2F)n1. The van der Waals surface area contributed by atoms with Gasteiger partial charge in [0, 0.05) is 12.1 Å². The normalized spacial score (nSPS) is 10.8. The summed E-state index contributed by atoms with van der Waals surface area (Å²) in [6.45, 7) is 2.02. The first-order valence-electron chi connectivity index (χ1n) is 5.35. The second-order valence-corrected chi connectivity index (χ2v) is 5.65. The van der Waals surface area contributed by atoms with Crippen LogP contribution < -0.4 is 5.73 Å². The van der Waals surface area contributed by atoms with Crippen molar-refractivity contribution >= 4 is 29.0 Å². The molecule has 2 aromatic rings. The first-order chi connectivity index (χ1) is 8.60. The van der Waals surface area contributed by atoms with Crippen LogP contribution in [0.2, 0.25) is 0 Å². The minimum Gasteiger partial charge on any atom is -0.399 e. The van der Waals surface area contributed by atoms with Gasteiger partial charge in [-0.2, -0.15) is 4.37 Å². The Kier molecular flexibility index (Phi) is 4.13. The Bertz CT molecular complexity index is 534. The maximum Gasteiger partial charge on any atom is 0.175 e. The van der Waals surface area contributed by atoms with E-state index in [1.54, 1.807) is 0 Å². The van der Waals surface area contributed by atoms with Gasteiger partial charge >= 0.3 is 0 Å². The van der Waals surface area contributed by atoms with Crippen LogP contribution in [0.3, 0.4) is 0 Å². The van der Waals surface area contributed by atoms with Gasteiger partial charge in [0.15, 0.2) is 4.34 Å². The number of halogens is 2. The molecule has 0 saturated heterocycles. The molecule has 0 unspecified atom stereocenters. The van der Waals surface area contributed by atoms with Gasteiger partial charge in [-0.1, -0.05) is 18.7 Å². The molecule has 18 heavy (non-hydrogen) atoms. The monoisotopic (exact) mass is 287 g/mol. The standard InChI is InChI=1S/C11H11F2N3S2/c1-2-3-9-15-11(18-16-9)17-10-7(12)4-6(14)5-8(10)13/h4-5H,2-3,14H2,1H3. The van der Waals surface area contributed by atoms with E-state index >= 15 is 0 Å². The van der Waals surface area contributed by atoms with Gasteiger partial charge in [0.2, 0.25) is 0 Å². The van der Waals surface area contributed by atoms with Crippen molar-refractivity contribution in [2.75, 3.05) is 5.73 Å². The molecular formula is C11H11F2N3S2. The quantitative estimate of drug-likeness (QED) is 0.874. The van der Waals surface area contributed by atoms with Gasteiger partial charge in [0.1, 0.15) is 17.5 Å². The van der Waals surface area contributed by atoms with Crippen molar-refractivity contribution in [1.82, 2.24) is 9.36 Å². The number of aromatic nitrogens is 2. The van der Waals surface area contributed by atoms with Crippen molar-refractivity contribution in [3.05, 3.63) is 29.6 Å². The molecular weight excluding hydrogens is 276 g/mol. The highest BCUT2D eigenvalue weighted by molar-refractivity contribution is 8.01. The zero-order valence-electron chi connectivity index (χ0n) is 9.61. The number of nitrogens with two attached hydrogens (primary N) is 1. The molecule has 1 heterocycles. The fourth-order valence-corrected chi connectivity index (χ4v) is 2.98. The number of hydrogen-bond donors (Lipinski definition) is 1. The molecule has 0 aliphatic rings. The zero-order chi connectivity index (χ0) is 13.1. The second-order valence-electron chi connectivity index (χ2n) is 3.64. The molecule has 1 aromatic heterocycles. The van der Waals surface area contributed by atoms with Crippen molar-refractivity contribution < 1.29 is 8.78 Å². The molecule has 0 fully saturated rings. The Labute approximate surface area is 112 Å². The summed E-state index contributed by atoms with van der Waals surface area (Å²) in [5.74, 6) is -0.643. The van der Waals surface area contributed by atoms with Crippen LogP contribution in [0.15, 0.2) is 21.4 Å². The van der Waals surface area contributed by atoms with Crippen LogP contribution in [0, 0.1) is 11.6 Å². The minimum absolute atomic E-state index is 0.0679. The van der Waals surface area contributed by atoms with E-state index < -0.39 is 11.6 Å². The summed E-state index contributed by atoms with van der Waals surface area (Å²) in [6.07, 6.45) is 1.70. The maximum atomic E-state index is 13.6. The third-order valence-corrected chi connectivity index (χ3v) is 4.02. The molecule has 0 saturated carbocycles. The van der Waals surface area contributed by atoms with Crippen LogP contribution in [0.5, 0.6) is 0 Å². The van der Waals surface area contributed by atoms with Crippen LogP contribution in [0.1, 0.15) is 19.2 Å². The van der Waals surface area contributed by atoms with Crippen molar-refractivity contribution in [2.45, 2.75) is 29.0 Å². The van der Waals surface area contributed by atoms with E-state index in [2.05, 4.69) is 9.36 Å². The van der Waals surface area contributed by atoms with Crippen LogP contribution >= 0.6 is 23.3 Å². The van der Waals surface area contributed by atoms with Gasteiger partial charge in [-0.25, -0.2) is 13.8 Å². The van der Waals surface area contributed by atoms with Crippen LogP contribution in [0.25, 0.3) is 0 Å². The minimum atomic E-state index is -0.676. The average molecular weight is 287 g/mol. The smallest absolute Gasteiger partial charge is 0.175 e. The molecule has 2 N–H and O–H groups in total. The average Bonchev–Trinajstić information content (AvgIpc) is 2.72. The number of benzene rings is 1. The molecule has 0 amide bonds. The predicted octanol–water partition coefficient (Wildman–Crippen LogP) is 3.50. The lowest BCUT2D eigenvalue weighted by atomic mass is 10.3. The van der Waals surface area contributed by atoms with Gasteiger partial charge in [0.25, 0.3) is 0 Å². The highest BCUT2D eigenvalue weighted by Gasteiger charge is 2.14. The molecule has 0 radical (unpaired) electrons. The molecule has 0 aliphatic carbocycles. The van der Waals surface area contributed by atoms with E-state index in [1.807, 2.05) is 6.92 Å². The molecule has 7 heteroatoms. The van der Waals surface area contributed by atoms with Crippen molar-refractivity contribution in [1.29, 1.82) is 0 Å². The number of rotatable bonds is 4. The van der Waals surface area contributed by atoms with Crippen LogP contribution in [-0.2, 0) is 6.42 Å². The highest BCUT2D eigenvalue weighted by Crippen LogP contribution is 2.34. The summed E-state index contributed by atoms with van der Waals surface area (Å²) < 4.78 is 31.8. The van der Waals surface area contributed by atoms with Gasteiger partial charge in [-0.15, -0.1) is 0 Å². The lowest BCUT2D eigenvalue weighted by Crippen LogP contribution is -1.93. The van der Waals surface area contributed by atoms with E-state index in [9.17, 15) is 8.78 Å². The zero-order valence-corrected chi connectivity index (χ0v) is 11.2. The summed E-state index contributed by atoms with van der Waals surface area (Å²) in [4.78, 5) is 4.11. The lowest BCUT2D eigenvalue weighted by molar-refractivity contribution is 0.542. The highest BCUT2D eigenvalue weighted by atomic mass is 32.2. The number of nitrogen functional groups attached to an aromatic ring is 1. The molecule has 96 valence electrons. The van der Waals surface area contributed by atoms with E-state index in [1.165, 1.54) is 0 Å².